The van der Waals surface area contributed by atoms with E-state index in [0.29, 0.717) is 23.7 Å². The highest BCUT2D eigenvalue weighted by molar-refractivity contribution is 7.26. The zero-order valence-electron chi connectivity index (χ0n) is 47.0. The number of hydrogen-bond acceptors (Lipinski definition) is 4. The molecule has 5 atom stereocenters. The lowest BCUT2D eigenvalue weighted by molar-refractivity contribution is 0.0326. The maximum Gasteiger partial charge on any atom is 0.248 e. The van der Waals surface area contributed by atoms with Crippen molar-refractivity contribution in [3.63, 3.8) is 0 Å². The monoisotopic (exact) mass is 991 g/mol. The lowest BCUT2D eigenvalue weighted by Gasteiger charge is -2.56. The summed E-state index contributed by atoms with van der Waals surface area (Å²) in [5.41, 5.74) is 20.2. The first-order valence-electron chi connectivity index (χ1n) is 28.4. The summed E-state index contributed by atoms with van der Waals surface area (Å²) < 4.78 is 2.79. The molecule has 2 aliphatic heterocycles. The average Bonchev–Trinajstić information content (AvgIpc) is 3.88. The molecule has 4 aromatic rings. The van der Waals surface area contributed by atoms with Gasteiger partial charge in [-0.05, 0) is 196 Å². The summed E-state index contributed by atoms with van der Waals surface area (Å²) in [5.74, 6) is 2.07. The van der Waals surface area contributed by atoms with Crippen LogP contribution in [-0.4, -0.2) is 12.8 Å². The summed E-state index contributed by atoms with van der Waals surface area (Å²) >= 11 is 4.15. The SMILES string of the molecule is CC1=CC2=C3B(C4=C(CC5C(=C4)C(C)(C)CCC5(C)C)N2c2cccc4sc5ccc(C(C)(C)C)cc5c24)c2c(sc4c2CC2C(=C4)C(C)(C)CCC2(C)C)N(C2=CC4C(C=C2)C(C)(C)CCC4(C)C)C3C1. The number of hydrogen-bond donors (Lipinski definition) is 0. The van der Waals surface area contributed by atoms with Gasteiger partial charge in [0.1, 0.15) is 0 Å². The molecule has 5 unspecified atom stereocenters. The molecule has 0 radical (unpaired) electrons. The number of benzene rings is 2. The molecular formula is C67H83BN2S2. The van der Waals surface area contributed by atoms with Crippen molar-refractivity contribution in [1.29, 1.82) is 0 Å². The Morgan fingerprint density at radius 1 is 0.667 bits per heavy atom. The third-order valence-electron chi connectivity index (χ3n) is 21.6. The van der Waals surface area contributed by atoms with Crippen LogP contribution in [0.4, 0.5) is 10.7 Å². The highest BCUT2D eigenvalue weighted by Crippen LogP contribution is 2.63. The summed E-state index contributed by atoms with van der Waals surface area (Å²) in [5, 5.41) is 4.39. The molecule has 0 N–H and O–H groups in total. The van der Waals surface area contributed by atoms with Crippen molar-refractivity contribution >= 4 is 71.8 Å². The van der Waals surface area contributed by atoms with E-state index in [2.05, 4.69) is 205 Å². The van der Waals surface area contributed by atoms with Crippen molar-refractivity contribution in [1.82, 2.24) is 0 Å². The van der Waals surface area contributed by atoms with Crippen LogP contribution in [0.25, 0.3) is 26.2 Å². The molecule has 0 amide bonds. The standard InChI is InChI=1S/C67H83BN2S2/c1-38-30-52-59-53(31-38)70(50-18-17-19-55-57(50)41-32-39(61(2,3)4)20-23-54(41)71-55)51-36-47-46(65(11,12)27-28-66(47,13)14)35-49(51)68(59)58-42-34-45-48(67(15,16)29-26-64(45,9)10)37-56(42)72-60(58)69(52)40-21-22-43-44(33-40)63(7,8)25-24-62(43,5)6/h17-23,31-33,35,37,43-45,47,52H,24-30,34,36H2,1-16H3. The minimum Gasteiger partial charge on any atom is -0.327 e. The second-order valence-corrected chi connectivity index (χ2v) is 32.0. The summed E-state index contributed by atoms with van der Waals surface area (Å²) in [6.45, 7) is 40.7. The molecule has 5 heteroatoms. The maximum absolute atomic E-state index is 2.97. The summed E-state index contributed by atoms with van der Waals surface area (Å²) in [6, 6.07) is 14.9. The number of rotatable bonds is 2. The van der Waals surface area contributed by atoms with Gasteiger partial charge in [-0.2, -0.15) is 0 Å². The van der Waals surface area contributed by atoms with E-state index in [0.717, 1.165) is 19.3 Å². The fourth-order valence-electron chi connectivity index (χ4n) is 16.5. The van der Waals surface area contributed by atoms with E-state index in [1.54, 1.807) is 48.7 Å². The number of allylic oxidation sites excluding steroid dienone is 9. The van der Waals surface area contributed by atoms with E-state index in [4.69, 9.17) is 0 Å². The number of anilines is 2. The number of fused-ring (bicyclic) bond motifs is 11. The molecule has 376 valence electrons. The van der Waals surface area contributed by atoms with Crippen LogP contribution in [0, 0.1) is 56.2 Å². The second-order valence-electron chi connectivity index (χ2n) is 29.9. The average molecular weight is 991 g/mol. The lowest BCUT2D eigenvalue weighted by Crippen LogP contribution is -2.59. The topological polar surface area (TPSA) is 6.48 Å². The van der Waals surface area contributed by atoms with Crippen molar-refractivity contribution in [2.24, 2.45) is 56.2 Å². The van der Waals surface area contributed by atoms with Crippen molar-refractivity contribution in [3.05, 3.63) is 128 Å². The lowest BCUT2D eigenvalue weighted by atomic mass is 9.29. The van der Waals surface area contributed by atoms with Crippen LogP contribution >= 0.6 is 22.7 Å². The van der Waals surface area contributed by atoms with Crippen LogP contribution in [-0.2, 0) is 11.8 Å². The van der Waals surface area contributed by atoms with Gasteiger partial charge in [0, 0.05) is 42.1 Å². The molecule has 0 bridgehead atoms. The number of nitrogens with zero attached hydrogens (tertiary/aromatic N) is 2. The molecule has 13 rings (SSSR count). The van der Waals surface area contributed by atoms with Crippen LogP contribution in [0.3, 0.4) is 0 Å². The predicted molar refractivity (Wildman–Crippen MR) is 315 cm³/mol. The fourth-order valence-corrected chi connectivity index (χ4v) is 19.0. The Morgan fingerprint density at radius 3 is 2.01 bits per heavy atom. The Bertz CT molecular complexity index is 3270. The Morgan fingerprint density at radius 2 is 1.32 bits per heavy atom. The van der Waals surface area contributed by atoms with Gasteiger partial charge in [0.25, 0.3) is 0 Å². The van der Waals surface area contributed by atoms with Crippen LogP contribution < -0.4 is 15.3 Å². The quantitative estimate of drug-likeness (QED) is 0.185. The van der Waals surface area contributed by atoms with Gasteiger partial charge in [0.15, 0.2) is 0 Å². The van der Waals surface area contributed by atoms with E-state index in [9.17, 15) is 0 Å². The molecule has 3 fully saturated rings. The van der Waals surface area contributed by atoms with Crippen molar-refractivity contribution in [2.45, 2.75) is 180 Å². The smallest absolute Gasteiger partial charge is 0.248 e. The zero-order valence-corrected chi connectivity index (χ0v) is 48.6. The minimum atomic E-state index is 0.0583. The van der Waals surface area contributed by atoms with E-state index in [1.165, 1.54) is 86.9 Å². The van der Waals surface area contributed by atoms with E-state index in [1.807, 2.05) is 11.3 Å². The van der Waals surface area contributed by atoms with Gasteiger partial charge in [0.2, 0.25) is 6.71 Å². The molecule has 2 nitrogen and oxygen atoms in total. The number of thiophene rings is 2. The Hall–Kier alpha value is -3.80. The zero-order chi connectivity index (χ0) is 50.8. The van der Waals surface area contributed by atoms with Gasteiger partial charge >= 0.3 is 0 Å². The third-order valence-corrected chi connectivity index (χ3v) is 23.9. The summed E-state index contributed by atoms with van der Waals surface area (Å²) in [6.07, 6.45) is 27.3. The Balaban J connectivity index is 1.13. The van der Waals surface area contributed by atoms with Crippen molar-refractivity contribution in [3.8, 4) is 0 Å². The first-order chi connectivity index (χ1) is 33.7. The van der Waals surface area contributed by atoms with Crippen LogP contribution in [0.15, 0.2) is 112 Å². The first-order valence-corrected chi connectivity index (χ1v) is 30.0. The molecule has 9 aliphatic rings. The van der Waals surface area contributed by atoms with Crippen molar-refractivity contribution in [2.75, 3.05) is 9.80 Å². The molecule has 2 aromatic heterocycles. The van der Waals surface area contributed by atoms with Crippen molar-refractivity contribution < 1.29 is 0 Å². The van der Waals surface area contributed by atoms with Gasteiger partial charge in [-0.15, -0.1) is 22.7 Å². The molecule has 7 aliphatic carbocycles. The highest BCUT2D eigenvalue weighted by atomic mass is 32.1. The molecule has 72 heavy (non-hydrogen) atoms. The second kappa shape index (κ2) is 15.2. The largest absolute Gasteiger partial charge is 0.327 e. The molecule has 4 heterocycles. The van der Waals surface area contributed by atoms with Gasteiger partial charge < -0.3 is 9.80 Å². The van der Waals surface area contributed by atoms with Crippen LogP contribution in [0.2, 0.25) is 0 Å². The summed E-state index contributed by atoms with van der Waals surface area (Å²) in [7, 11) is 0. The Labute approximate surface area is 442 Å². The normalized spacial score (nSPS) is 30.1. The minimum absolute atomic E-state index is 0.0583. The molecule has 0 saturated heterocycles. The molecule has 0 spiro atoms. The summed E-state index contributed by atoms with van der Waals surface area (Å²) in [4.78, 5) is 7.43. The van der Waals surface area contributed by atoms with E-state index < -0.39 is 0 Å². The first kappa shape index (κ1) is 47.9. The molecule has 2 aromatic carbocycles. The molecular weight excluding hydrogens is 908 g/mol. The van der Waals surface area contributed by atoms with Gasteiger partial charge in [-0.1, -0.05) is 151 Å². The third kappa shape index (κ3) is 6.82. The van der Waals surface area contributed by atoms with Crippen LogP contribution in [0.1, 0.15) is 178 Å². The van der Waals surface area contributed by atoms with E-state index in [-0.39, 0.29) is 50.7 Å². The maximum atomic E-state index is 2.97. The highest BCUT2D eigenvalue weighted by Gasteiger charge is 2.57. The van der Waals surface area contributed by atoms with Gasteiger partial charge in [-0.25, -0.2) is 0 Å². The molecule has 3 saturated carbocycles. The van der Waals surface area contributed by atoms with Gasteiger partial charge in [-0.3, -0.25) is 0 Å². The Kier molecular flexibility index (Phi) is 10.1. The van der Waals surface area contributed by atoms with Gasteiger partial charge in [0.05, 0.1) is 16.7 Å². The predicted octanol–water partition coefficient (Wildman–Crippen LogP) is 18.5. The fraction of sp³-hybridized carbons (Fsp3) is 0.552. The van der Waals surface area contributed by atoms with Crippen LogP contribution in [0.5, 0.6) is 0 Å². The van der Waals surface area contributed by atoms with E-state index >= 15 is 0 Å².